The average Bonchev–Trinajstić information content (AvgIpc) is 2.01. The fraction of sp³-hybridized carbons (Fsp3) is 0.286. The largest absolute Gasteiger partial charge is 0.376 e. The van der Waals surface area contributed by atoms with Crippen LogP contribution in [0.1, 0.15) is 6.42 Å². The molecule has 0 radical (unpaired) electrons. The molecule has 0 aliphatic heterocycles. The van der Waals surface area contributed by atoms with Gasteiger partial charge in [-0.25, -0.2) is 0 Å². The number of ketones is 1. The molecule has 0 amide bonds. The second kappa shape index (κ2) is 2.63. The van der Waals surface area contributed by atoms with Gasteiger partial charge in [-0.1, -0.05) is 29.3 Å². The molecule has 4 heteroatoms. The summed E-state index contributed by atoms with van der Waals surface area (Å²) in [6, 6.07) is 0. The smallest absolute Gasteiger partial charge is 0.212 e. The summed E-state index contributed by atoms with van der Waals surface area (Å²) in [6.07, 6.45) is 1.53. The van der Waals surface area contributed by atoms with Crippen molar-refractivity contribution in [1.29, 1.82) is 0 Å². The molecule has 1 N–H and O–H groups in total. The lowest BCUT2D eigenvalue weighted by Crippen LogP contribution is -2.47. The molecule has 0 aromatic rings. The molecule has 1 unspecified atom stereocenters. The second-order valence-corrected chi connectivity index (χ2v) is 3.07. The van der Waals surface area contributed by atoms with Crippen molar-refractivity contribution in [3.63, 3.8) is 0 Å². The van der Waals surface area contributed by atoms with Crippen LogP contribution < -0.4 is 0 Å². The molecule has 0 heterocycles. The van der Waals surface area contributed by atoms with Crippen molar-refractivity contribution >= 4 is 29.0 Å². The Labute approximate surface area is 74.1 Å². The van der Waals surface area contributed by atoms with Crippen LogP contribution in [0.2, 0.25) is 0 Å². The monoisotopic (exact) mass is 192 g/mol. The maximum absolute atomic E-state index is 10.9. The van der Waals surface area contributed by atoms with Gasteiger partial charge in [0.1, 0.15) is 5.03 Å². The van der Waals surface area contributed by atoms with Crippen LogP contribution in [0.4, 0.5) is 0 Å². The van der Waals surface area contributed by atoms with Gasteiger partial charge in [0, 0.05) is 6.42 Å². The predicted octanol–water partition coefficient (Wildman–Crippen LogP) is 1.57. The van der Waals surface area contributed by atoms with E-state index in [1.54, 1.807) is 0 Å². The SMILES string of the molecule is C=CCC1(O)C(=O)C(Cl)=C1Cl. The van der Waals surface area contributed by atoms with E-state index < -0.39 is 11.4 Å². The van der Waals surface area contributed by atoms with E-state index >= 15 is 0 Å². The van der Waals surface area contributed by atoms with Crippen LogP contribution in [0.25, 0.3) is 0 Å². The van der Waals surface area contributed by atoms with Gasteiger partial charge in [0.05, 0.1) is 5.03 Å². The van der Waals surface area contributed by atoms with Gasteiger partial charge in [-0.2, -0.15) is 0 Å². The normalized spacial score (nSPS) is 30.3. The Morgan fingerprint density at radius 1 is 1.64 bits per heavy atom. The first-order chi connectivity index (χ1) is 5.04. The Balaban J connectivity index is 2.95. The van der Waals surface area contributed by atoms with Crippen molar-refractivity contribution in [2.24, 2.45) is 0 Å². The Hall–Kier alpha value is -0.310. The fourth-order valence-electron chi connectivity index (χ4n) is 0.891. The van der Waals surface area contributed by atoms with E-state index in [1.807, 2.05) is 0 Å². The molecule has 0 aromatic heterocycles. The summed E-state index contributed by atoms with van der Waals surface area (Å²) < 4.78 is 0. The number of Topliss-reactive ketones (excluding diaryl/α,β-unsaturated/α-hetero) is 1. The molecule has 1 atom stereocenters. The Kier molecular flexibility index (Phi) is 2.10. The zero-order chi connectivity index (χ0) is 8.65. The van der Waals surface area contributed by atoms with Gasteiger partial charge in [-0.15, -0.1) is 6.58 Å². The highest BCUT2D eigenvalue weighted by Gasteiger charge is 2.50. The molecule has 11 heavy (non-hydrogen) atoms. The van der Waals surface area contributed by atoms with Gasteiger partial charge >= 0.3 is 0 Å². The molecule has 1 aliphatic carbocycles. The highest BCUT2D eigenvalue weighted by atomic mass is 35.5. The van der Waals surface area contributed by atoms with Crippen LogP contribution in [0, 0.1) is 0 Å². The van der Waals surface area contributed by atoms with Gasteiger partial charge in [-0.3, -0.25) is 4.79 Å². The van der Waals surface area contributed by atoms with Crippen molar-refractivity contribution in [3.8, 4) is 0 Å². The lowest BCUT2D eigenvalue weighted by molar-refractivity contribution is -0.131. The quantitative estimate of drug-likeness (QED) is 0.675. The molecule has 0 saturated heterocycles. The highest BCUT2D eigenvalue weighted by Crippen LogP contribution is 2.42. The van der Waals surface area contributed by atoms with E-state index in [0.717, 1.165) is 0 Å². The van der Waals surface area contributed by atoms with Crippen molar-refractivity contribution in [2.45, 2.75) is 12.0 Å². The molecule has 1 rings (SSSR count). The van der Waals surface area contributed by atoms with E-state index in [4.69, 9.17) is 23.2 Å². The first-order valence-electron chi connectivity index (χ1n) is 2.98. The molecule has 0 saturated carbocycles. The summed E-state index contributed by atoms with van der Waals surface area (Å²) in [5.41, 5.74) is -1.58. The number of carbonyl (C=O) groups is 1. The molecule has 0 bridgehead atoms. The summed E-state index contributed by atoms with van der Waals surface area (Å²) in [6.45, 7) is 3.39. The molecule has 1 aliphatic rings. The summed E-state index contributed by atoms with van der Waals surface area (Å²) in [4.78, 5) is 10.9. The van der Waals surface area contributed by atoms with Crippen molar-refractivity contribution < 1.29 is 9.90 Å². The van der Waals surface area contributed by atoms with E-state index in [9.17, 15) is 9.90 Å². The Morgan fingerprint density at radius 3 is 2.55 bits per heavy atom. The van der Waals surface area contributed by atoms with Crippen molar-refractivity contribution in [1.82, 2.24) is 0 Å². The number of carbonyl (C=O) groups excluding carboxylic acids is 1. The van der Waals surface area contributed by atoms with E-state index in [0.29, 0.717) is 0 Å². The third-order valence-electron chi connectivity index (χ3n) is 1.57. The lowest BCUT2D eigenvalue weighted by atomic mass is 9.84. The fourth-order valence-corrected chi connectivity index (χ4v) is 1.45. The van der Waals surface area contributed by atoms with Gasteiger partial charge in [-0.05, 0) is 0 Å². The second-order valence-electron chi connectivity index (χ2n) is 2.31. The standard InChI is InChI=1S/C7H6Cl2O2/c1-2-3-7(11)5(9)4(8)6(7)10/h2,11H,1,3H2. The summed E-state index contributed by atoms with van der Waals surface area (Å²) in [5.74, 6) is -0.524. The van der Waals surface area contributed by atoms with Gasteiger partial charge in [0.15, 0.2) is 5.60 Å². The first-order valence-corrected chi connectivity index (χ1v) is 3.73. The van der Waals surface area contributed by atoms with Gasteiger partial charge < -0.3 is 5.11 Å². The molecule has 0 fully saturated rings. The Morgan fingerprint density at radius 2 is 2.18 bits per heavy atom. The van der Waals surface area contributed by atoms with Crippen molar-refractivity contribution in [2.75, 3.05) is 0 Å². The molecule has 2 nitrogen and oxygen atoms in total. The number of aliphatic hydroxyl groups is 1. The zero-order valence-corrected chi connectivity index (χ0v) is 7.11. The van der Waals surface area contributed by atoms with E-state index in [2.05, 4.69) is 6.58 Å². The minimum Gasteiger partial charge on any atom is -0.376 e. The topological polar surface area (TPSA) is 37.3 Å². The molecular formula is C7H6Cl2O2. The number of hydrogen-bond donors (Lipinski definition) is 1. The maximum Gasteiger partial charge on any atom is 0.212 e. The molecular weight excluding hydrogens is 187 g/mol. The number of hydrogen-bond acceptors (Lipinski definition) is 2. The summed E-state index contributed by atoms with van der Waals surface area (Å²) >= 11 is 10.9. The molecule has 60 valence electrons. The number of rotatable bonds is 2. The maximum atomic E-state index is 10.9. The van der Waals surface area contributed by atoms with Crippen LogP contribution in [0.3, 0.4) is 0 Å². The highest BCUT2D eigenvalue weighted by molar-refractivity contribution is 6.55. The van der Waals surface area contributed by atoms with Crippen molar-refractivity contribution in [3.05, 3.63) is 22.7 Å². The number of halogens is 2. The minimum absolute atomic E-state index is 0.0177. The Bertz CT molecular complexity index is 257. The van der Waals surface area contributed by atoms with Crippen LogP contribution >= 0.6 is 23.2 Å². The predicted molar refractivity (Wildman–Crippen MR) is 43.5 cm³/mol. The van der Waals surface area contributed by atoms with Crippen LogP contribution in [-0.4, -0.2) is 16.5 Å². The molecule has 0 aromatic carbocycles. The summed E-state index contributed by atoms with van der Waals surface area (Å²) in [7, 11) is 0. The zero-order valence-electron chi connectivity index (χ0n) is 5.60. The third-order valence-corrected chi connectivity index (χ3v) is 2.53. The van der Waals surface area contributed by atoms with E-state index in [1.165, 1.54) is 6.08 Å². The lowest BCUT2D eigenvalue weighted by Gasteiger charge is -2.32. The summed E-state index contributed by atoms with van der Waals surface area (Å²) in [5, 5.41) is 9.37. The van der Waals surface area contributed by atoms with Crippen LogP contribution in [0.5, 0.6) is 0 Å². The minimum atomic E-state index is -1.58. The van der Waals surface area contributed by atoms with Crippen LogP contribution in [0.15, 0.2) is 22.7 Å². The van der Waals surface area contributed by atoms with Gasteiger partial charge in [0.25, 0.3) is 0 Å². The van der Waals surface area contributed by atoms with Crippen LogP contribution in [-0.2, 0) is 4.79 Å². The van der Waals surface area contributed by atoms with Gasteiger partial charge in [0.2, 0.25) is 5.78 Å². The average molecular weight is 193 g/mol. The first kappa shape index (κ1) is 8.78. The molecule has 0 spiro atoms. The van der Waals surface area contributed by atoms with E-state index in [-0.39, 0.29) is 16.5 Å². The third kappa shape index (κ3) is 1.02.